The molecule has 0 atom stereocenters. The highest BCUT2D eigenvalue weighted by molar-refractivity contribution is 5.94. The first kappa shape index (κ1) is 11.9. The summed E-state index contributed by atoms with van der Waals surface area (Å²) in [6.07, 6.45) is 5.73. The molecule has 0 aliphatic heterocycles. The maximum absolute atomic E-state index is 4.62. The summed E-state index contributed by atoms with van der Waals surface area (Å²) in [6.45, 7) is 6.24. The third kappa shape index (κ3) is 1.82. The minimum atomic E-state index is 0.350. The van der Waals surface area contributed by atoms with Crippen LogP contribution in [0, 0.1) is 6.92 Å². The van der Waals surface area contributed by atoms with Crippen molar-refractivity contribution < 1.29 is 0 Å². The summed E-state index contributed by atoms with van der Waals surface area (Å²) >= 11 is 0. The van der Waals surface area contributed by atoms with Crippen LogP contribution in [0.4, 0.5) is 0 Å². The highest BCUT2D eigenvalue weighted by Gasteiger charge is 2.15. The number of nitrogens with zero attached hydrogens (tertiary/aromatic N) is 5. The number of hydrogen-bond donors (Lipinski definition) is 0. The zero-order chi connectivity index (χ0) is 13.6. The molecule has 0 saturated carbocycles. The van der Waals surface area contributed by atoms with Gasteiger partial charge in [-0.05, 0) is 26.8 Å². The number of fused-ring (bicyclic) bond motifs is 1. The minimum Gasteiger partial charge on any atom is -0.270 e. The zero-order valence-electron chi connectivity index (χ0n) is 11.6. The molecule has 0 amide bonds. The van der Waals surface area contributed by atoms with E-state index in [1.165, 1.54) is 0 Å². The van der Waals surface area contributed by atoms with Gasteiger partial charge in [0.05, 0.1) is 11.7 Å². The van der Waals surface area contributed by atoms with E-state index >= 15 is 0 Å². The third-order valence-corrected chi connectivity index (χ3v) is 3.36. The smallest absolute Gasteiger partial charge is 0.105 e. The highest BCUT2D eigenvalue weighted by Crippen LogP contribution is 2.29. The van der Waals surface area contributed by atoms with Crippen LogP contribution in [0.1, 0.15) is 25.6 Å². The molecule has 0 aromatic carbocycles. The van der Waals surface area contributed by atoms with Crippen molar-refractivity contribution >= 4 is 10.9 Å². The fourth-order valence-electron chi connectivity index (χ4n) is 2.31. The standard InChI is InChI=1S/C14H17N5/c1-9(2)19-8-11(7-16-19)14-13-10(3)15-6-5-12(13)18(4)17-14/h5-9H,1-4H3. The largest absolute Gasteiger partial charge is 0.270 e. The quantitative estimate of drug-likeness (QED) is 0.707. The average molecular weight is 255 g/mol. The number of hydrogen-bond acceptors (Lipinski definition) is 3. The summed E-state index contributed by atoms with van der Waals surface area (Å²) in [4.78, 5) is 4.37. The lowest BCUT2D eigenvalue weighted by Gasteiger charge is -2.02. The molecule has 0 aliphatic carbocycles. The van der Waals surface area contributed by atoms with Gasteiger partial charge in [-0.3, -0.25) is 14.3 Å². The molecule has 0 unspecified atom stereocenters. The molecule has 98 valence electrons. The second kappa shape index (κ2) is 4.19. The van der Waals surface area contributed by atoms with E-state index in [-0.39, 0.29) is 0 Å². The Morgan fingerprint density at radius 3 is 2.74 bits per heavy atom. The van der Waals surface area contributed by atoms with Crippen molar-refractivity contribution in [3.63, 3.8) is 0 Å². The van der Waals surface area contributed by atoms with Crippen molar-refractivity contribution in [2.24, 2.45) is 7.05 Å². The molecule has 0 fully saturated rings. The van der Waals surface area contributed by atoms with Crippen molar-refractivity contribution in [1.29, 1.82) is 0 Å². The molecular weight excluding hydrogens is 238 g/mol. The normalized spacial score (nSPS) is 11.6. The summed E-state index contributed by atoms with van der Waals surface area (Å²) in [5.74, 6) is 0. The topological polar surface area (TPSA) is 48.5 Å². The van der Waals surface area contributed by atoms with Gasteiger partial charge in [-0.1, -0.05) is 0 Å². The van der Waals surface area contributed by atoms with Gasteiger partial charge in [-0.15, -0.1) is 0 Å². The summed E-state index contributed by atoms with van der Waals surface area (Å²) in [6, 6.07) is 2.34. The fourth-order valence-corrected chi connectivity index (χ4v) is 2.31. The van der Waals surface area contributed by atoms with Crippen LogP contribution in [-0.4, -0.2) is 24.5 Å². The van der Waals surface area contributed by atoms with Gasteiger partial charge in [0, 0.05) is 42.1 Å². The zero-order valence-corrected chi connectivity index (χ0v) is 11.6. The van der Waals surface area contributed by atoms with Crippen LogP contribution in [0.2, 0.25) is 0 Å². The molecule has 0 spiro atoms. The number of aromatic nitrogens is 5. The Balaban J connectivity index is 2.24. The minimum absolute atomic E-state index is 0.350. The van der Waals surface area contributed by atoms with E-state index in [1.807, 2.05) is 48.0 Å². The van der Waals surface area contributed by atoms with Crippen LogP contribution in [-0.2, 0) is 7.05 Å². The first-order chi connectivity index (χ1) is 9.08. The highest BCUT2D eigenvalue weighted by atomic mass is 15.3. The number of pyridine rings is 1. The maximum Gasteiger partial charge on any atom is 0.105 e. The Kier molecular flexibility index (Phi) is 2.62. The molecular formula is C14H17N5. The van der Waals surface area contributed by atoms with Gasteiger partial charge < -0.3 is 0 Å². The molecule has 3 heterocycles. The third-order valence-electron chi connectivity index (χ3n) is 3.36. The first-order valence-electron chi connectivity index (χ1n) is 6.40. The van der Waals surface area contributed by atoms with E-state index in [4.69, 9.17) is 0 Å². The van der Waals surface area contributed by atoms with E-state index in [9.17, 15) is 0 Å². The van der Waals surface area contributed by atoms with Crippen LogP contribution in [0.25, 0.3) is 22.2 Å². The molecule has 19 heavy (non-hydrogen) atoms. The summed E-state index contributed by atoms with van der Waals surface area (Å²) in [5.41, 5.74) is 4.09. The van der Waals surface area contributed by atoms with E-state index in [0.717, 1.165) is 27.9 Å². The van der Waals surface area contributed by atoms with Gasteiger partial charge in [0.15, 0.2) is 0 Å². The van der Waals surface area contributed by atoms with Gasteiger partial charge >= 0.3 is 0 Å². The van der Waals surface area contributed by atoms with E-state index in [2.05, 4.69) is 29.0 Å². The number of rotatable bonds is 2. The molecule has 3 aromatic rings. The Hall–Kier alpha value is -2.17. The van der Waals surface area contributed by atoms with Gasteiger partial charge in [0.2, 0.25) is 0 Å². The van der Waals surface area contributed by atoms with Gasteiger partial charge in [0.1, 0.15) is 5.69 Å². The molecule has 3 aromatic heterocycles. The van der Waals surface area contributed by atoms with Crippen LogP contribution >= 0.6 is 0 Å². The van der Waals surface area contributed by atoms with Gasteiger partial charge in [-0.25, -0.2) is 0 Å². The average Bonchev–Trinajstić information content (AvgIpc) is 2.95. The SMILES string of the molecule is Cc1nccc2c1c(-c1cnn(C(C)C)c1)nn2C. The van der Waals surface area contributed by atoms with Crippen LogP contribution in [0.3, 0.4) is 0 Å². The molecule has 0 aliphatic rings. The summed E-state index contributed by atoms with van der Waals surface area (Å²) < 4.78 is 3.84. The predicted molar refractivity (Wildman–Crippen MR) is 74.9 cm³/mol. The van der Waals surface area contributed by atoms with Gasteiger partial charge in [-0.2, -0.15) is 10.2 Å². The Morgan fingerprint density at radius 2 is 2.05 bits per heavy atom. The van der Waals surface area contributed by atoms with Crippen molar-refractivity contribution in [3.8, 4) is 11.3 Å². The lowest BCUT2D eigenvalue weighted by atomic mass is 10.1. The Bertz CT molecular complexity index is 735. The lowest BCUT2D eigenvalue weighted by Crippen LogP contribution is -1.99. The second-order valence-electron chi connectivity index (χ2n) is 5.07. The number of aryl methyl sites for hydroxylation is 2. The Labute approximate surface area is 111 Å². The van der Waals surface area contributed by atoms with Crippen LogP contribution in [0.5, 0.6) is 0 Å². The monoisotopic (exact) mass is 255 g/mol. The lowest BCUT2D eigenvalue weighted by molar-refractivity contribution is 0.532. The molecule has 0 radical (unpaired) electrons. The van der Waals surface area contributed by atoms with E-state index in [0.29, 0.717) is 6.04 Å². The molecule has 3 rings (SSSR count). The molecule has 0 saturated heterocycles. The van der Waals surface area contributed by atoms with Crippen molar-refractivity contribution in [1.82, 2.24) is 24.5 Å². The van der Waals surface area contributed by atoms with Crippen LogP contribution < -0.4 is 0 Å². The predicted octanol–water partition coefficient (Wildman–Crippen LogP) is 2.72. The summed E-state index contributed by atoms with van der Waals surface area (Å²) in [7, 11) is 1.96. The van der Waals surface area contributed by atoms with E-state index in [1.54, 1.807) is 0 Å². The Morgan fingerprint density at radius 1 is 1.26 bits per heavy atom. The van der Waals surface area contributed by atoms with Crippen molar-refractivity contribution in [2.75, 3.05) is 0 Å². The molecule has 5 nitrogen and oxygen atoms in total. The van der Waals surface area contributed by atoms with E-state index < -0.39 is 0 Å². The van der Waals surface area contributed by atoms with Crippen LogP contribution in [0.15, 0.2) is 24.7 Å². The fraction of sp³-hybridized carbons (Fsp3) is 0.357. The van der Waals surface area contributed by atoms with Crippen molar-refractivity contribution in [2.45, 2.75) is 26.8 Å². The van der Waals surface area contributed by atoms with Gasteiger partial charge in [0.25, 0.3) is 0 Å². The second-order valence-corrected chi connectivity index (χ2v) is 5.07. The first-order valence-corrected chi connectivity index (χ1v) is 6.40. The molecule has 5 heteroatoms. The summed E-state index contributed by atoms with van der Waals surface area (Å²) in [5, 5.41) is 10.1. The molecule has 0 N–H and O–H groups in total. The maximum atomic E-state index is 4.62. The molecule has 0 bridgehead atoms. The van der Waals surface area contributed by atoms with Crippen molar-refractivity contribution in [3.05, 3.63) is 30.4 Å².